The van der Waals surface area contributed by atoms with Crippen LogP contribution in [0.4, 0.5) is 0 Å². The van der Waals surface area contributed by atoms with E-state index in [1.165, 1.54) is 0 Å². The highest BCUT2D eigenvalue weighted by atomic mass is 16.5. The van der Waals surface area contributed by atoms with Crippen LogP contribution in [0.3, 0.4) is 0 Å². The highest BCUT2D eigenvalue weighted by Crippen LogP contribution is 2.13. The van der Waals surface area contributed by atoms with E-state index < -0.39 is 0 Å². The van der Waals surface area contributed by atoms with E-state index >= 15 is 0 Å². The summed E-state index contributed by atoms with van der Waals surface area (Å²) in [5.41, 5.74) is 1.09. The zero-order chi connectivity index (χ0) is 20.8. The maximum atomic E-state index is 12.5. The molecule has 160 valence electrons. The molecule has 0 saturated carbocycles. The fourth-order valence-electron chi connectivity index (χ4n) is 3.30. The summed E-state index contributed by atoms with van der Waals surface area (Å²) >= 11 is 0. The number of ether oxygens (including phenoxy) is 1. The molecule has 0 spiro atoms. The first kappa shape index (κ1) is 24.4. The molecule has 1 atom stereocenters. The number of amides is 1. The van der Waals surface area contributed by atoms with Crippen LogP contribution in [0.5, 0.6) is 5.75 Å². The van der Waals surface area contributed by atoms with Gasteiger partial charge in [0.15, 0.2) is 0 Å². The molecule has 1 amide bonds. The topological polar surface area (TPSA) is 44.8 Å². The number of hydrogen-bond donors (Lipinski definition) is 1. The zero-order valence-corrected chi connectivity index (χ0v) is 18.7. The van der Waals surface area contributed by atoms with Gasteiger partial charge in [0.2, 0.25) is 5.91 Å². The molecular weight excluding hydrogens is 350 g/mol. The molecule has 0 radical (unpaired) electrons. The molecule has 1 aromatic carbocycles. The number of nitrogens with zero attached hydrogens (tertiary/aromatic N) is 2. The Morgan fingerprint density at radius 3 is 2.14 bits per heavy atom. The first-order valence-electron chi connectivity index (χ1n) is 11.0. The molecule has 28 heavy (non-hydrogen) atoms. The fraction of sp³-hybridized carbons (Fsp3) is 0.696. The van der Waals surface area contributed by atoms with Crippen molar-refractivity contribution in [1.82, 2.24) is 15.1 Å². The van der Waals surface area contributed by atoms with E-state index in [0.29, 0.717) is 6.54 Å². The largest absolute Gasteiger partial charge is 0.494 e. The smallest absolute Gasteiger partial charge is 0.237 e. The molecule has 0 aliphatic rings. The maximum Gasteiger partial charge on any atom is 0.237 e. The molecule has 0 aromatic heterocycles. The summed E-state index contributed by atoms with van der Waals surface area (Å²) in [6.07, 6.45) is 3.16. The number of rotatable bonds is 15. The van der Waals surface area contributed by atoms with E-state index in [4.69, 9.17) is 4.74 Å². The van der Waals surface area contributed by atoms with Gasteiger partial charge >= 0.3 is 0 Å². The summed E-state index contributed by atoms with van der Waals surface area (Å²) in [5, 5.41) is 3.07. The normalized spacial score (nSPS) is 12.4. The lowest BCUT2D eigenvalue weighted by Crippen LogP contribution is -2.45. The number of carbonyl (C=O) groups is 1. The van der Waals surface area contributed by atoms with Gasteiger partial charge in [-0.05, 0) is 70.1 Å². The molecule has 0 bridgehead atoms. The number of benzene rings is 1. The maximum absolute atomic E-state index is 12.5. The van der Waals surface area contributed by atoms with Crippen LogP contribution in [-0.2, 0) is 11.3 Å². The molecule has 0 saturated heterocycles. The predicted molar refractivity (Wildman–Crippen MR) is 118 cm³/mol. The summed E-state index contributed by atoms with van der Waals surface area (Å²) in [6, 6.07) is 7.94. The van der Waals surface area contributed by atoms with Crippen LogP contribution in [0.25, 0.3) is 0 Å². The highest BCUT2D eigenvalue weighted by Gasteiger charge is 2.19. The van der Waals surface area contributed by atoms with Gasteiger partial charge < -0.3 is 15.0 Å². The van der Waals surface area contributed by atoms with Crippen LogP contribution in [0.2, 0.25) is 0 Å². The molecule has 5 nitrogen and oxygen atoms in total. The van der Waals surface area contributed by atoms with Crippen molar-refractivity contribution in [2.45, 2.75) is 66.5 Å². The Balaban J connectivity index is 2.38. The van der Waals surface area contributed by atoms with Gasteiger partial charge in [-0.15, -0.1) is 0 Å². The summed E-state index contributed by atoms with van der Waals surface area (Å²) in [5.74, 6) is 0.985. The quantitative estimate of drug-likeness (QED) is 0.460. The van der Waals surface area contributed by atoms with E-state index in [9.17, 15) is 4.79 Å². The Morgan fingerprint density at radius 2 is 1.61 bits per heavy atom. The van der Waals surface area contributed by atoms with Gasteiger partial charge in [-0.2, -0.15) is 0 Å². The third-order valence-electron chi connectivity index (χ3n) is 5.12. The lowest BCUT2D eigenvalue weighted by Gasteiger charge is -2.27. The van der Waals surface area contributed by atoms with Gasteiger partial charge in [-0.3, -0.25) is 9.69 Å². The monoisotopic (exact) mass is 391 g/mol. The van der Waals surface area contributed by atoms with Crippen LogP contribution in [0.1, 0.15) is 59.4 Å². The van der Waals surface area contributed by atoms with Crippen molar-refractivity contribution in [1.29, 1.82) is 0 Å². The minimum absolute atomic E-state index is 0.0895. The van der Waals surface area contributed by atoms with Crippen LogP contribution in [0.15, 0.2) is 24.3 Å². The van der Waals surface area contributed by atoms with E-state index in [0.717, 1.165) is 69.9 Å². The standard InChI is InChI=1S/C23H41N3O2/c1-6-15-26(16-7-2)20(5)23(27)24-19-21-11-13-22(14-12-21)28-18-10-17-25(8-3)9-4/h11-14,20H,6-10,15-19H2,1-5H3,(H,24,27)/t20-/m0/s1. The van der Waals surface area contributed by atoms with E-state index in [1.54, 1.807) is 0 Å². The highest BCUT2D eigenvalue weighted by molar-refractivity contribution is 5.81. The molecule has 0 heterocycles. The Labute approximate surface area is 172 Å². The first-order valence-corrected chi connectivity index (χ1v) is 11.0. The lowest BCUT2D eigenvalue weighted by atomic mass is 10.2. The van der Waals surface area contributed by atoms with E-state index in [2.05, 4.69) is 42.8 Å². The van der Waals surface area contributed by atoms with Crippen LogP contribution in [-0.4, -0.2) is 61.1 Å². The Kier molecular flexibility index (Phi) is 12.6. The van der Waals surface area contributed by atoms with Crippen LogP contribution >= 0.6 is 0 Å². The average Bonchev–Trinajstić information content (AvgIpc) is 2.72. The van der Waals surface area contributed by atoms with Crippen molar-refractivity contribution in [3.05, 3.63) is 29.8 Å². The SMILES string of the molecule is CCCN(CCC)[C@@H](C)C(=O)NCc1ccc(OCCCN(CC)CC)cc1. The molecule has 0 aliphatic heterocycles. The number of nitrogens with one attached hydrogen (secondary N) is 1. The van der Waals surface area contributed by atoms with Crippen molar-refractivity contribution in [2.75, 3.05) is 39.3 Å². The van der Waals surface area contributed by atoms with E-state index in [-0.39, 0.29) is 11.9 Å². The molecular formula is C23H41N3O2. The predicted octanol–water partition coefficient (Wildman–Crippen LogP) is 3.92. The lowest BCUT2D eigenvalue weighted by molar-refractivity contribution is -0.126. The first-order chi connectivity index (χ1) is 13.5. The summed E-state index contributed by atoms with van der Waals surface area (Å²) < 4.78 is 5.83. The van der Waals surface area contributed by atoms with Gasteiger partial charge in [0.05, 0.1) is 12.6 Å². The van der Waals surface area contributed by atoms with Gasteiger partial charge in [0, 0.05) is 13.1 Å². The zero-order valence-electron chi connectivity index (χ0n) is 18.7. The van der Waals surface area contributed by atoms with Crippen molar-refractivity contribution in [3.63, 3.8) is 0 Å². The molecule has 1 N–H and O–H groups in total. The summed E-state index contributed by atoms with van der Waals surface area (Å²) in [7, 11) is 0. The summed E-state index contributed by atoms with van der Waals surface area (Å²) in [6.45, 7) is 17.1. The molecule has 0 aliphatic carbocycles. The molecule has 0 fully saturated rings. The number of hydrogen-bond acceptors (Lipinski definition) is 4. The second-order valence-corrected chi connectivity index (χ2v) is 7.30. The van der Waals surface area contributed by atoms with Gasteiger partial charge in [0.25, 0.3) is 0 Å². The Morgan fingerprint density at radius 1 is 1.00 bits per heavy atom. The summed E-state index contributed by atoms with van der Waals surface area (Å²) in [4.78, 5) is 17.1. The Hall–Kier alpha value is -1.59. The molecule has 0 unspecified atom stereocenters. The van der Waals surface area contributed by atoms with Crippen molar-refractivity contribution < 1.29 is 9.53 Å². The second kappa shape index (κ2) is 14.4. The van der Waals surface area contributed by atoms with E-state index in [1.807, 2.05) is 31.2 Å². The van der Waals surface area contributed by atoms with Crippen molar-refractivity contribution in [2.24, 2.45) is 0 Å². The fourth-order valence-corrected chi connectivity index (χ4v) is 3.30. The molecule has 1 aromatic rings. The van der Waals surface area contributed by atoms with Crippen LogP contribution in [0, 0.1) is 0 Å². The molecule has 5 heteroatoms. The van der Waals surface area contributed by atoms with Crippen molar-refractivity contribution >= 4 is 5.91 Å². The Bertz CT molecular complexity index is 523. The third kappa shape index (κ3) is 9.07. The van der Waals surface area contributed by atoms with Gasteiger partial charge in [0.1, 0.15) is 5.75 Å². The minimum Gasteiger partial charge on any atom is -0.494 e. The van der Waals surface area contributed by atoms with Gasteiger partial charge in [-0.1, -0.05) is 39.8 Å². The van der Waals surface area contributed by atoms with Gasteiger partial charge in [-0.25, -0.2) is 0 Å². The second-order valence-electron chi connectivity index (χ2n) is 7.30. The van der Waals surface area contributed by atoms with Crippen molar-refractivity contribution in [3.8, 4) is 5.75 Å². The third-order valence-corrected chi connectivity index (χ3v) is 5.12. The number of carbonyl (C=O) groups excluding carboxylic acids is 1. The minimum atomic E-state index is -0.0895. The van der Waals surface area contributed by atoms with Crippen LogP contribution < -0.4 is 10.1 Å². The molecule has 1 rings (SSSR count). The average molecular weight is 392 g/mol.